The number of benzene rings is 2. The summed E-state index contributed by atoms with van der Waals surface area (Å²) in [6.45, 7) is 2.10. The van der Waals surface area contributed by atoms with Crippen LogP contribution in [0, 0.1) is 0 Å². The van der Waals surface area contributed by atoms with E-state index in [1.165, 1.54) is 0 Å². The molecule has 0 amide bonds. The fourth-order valence-electron chi connectivity index (χ4n) is 1.80. The Morgan fingerprint density at radius 2 is 1.90 bits per heavy atom. The van der Waals surface area contributed by atoms with Crippen molar-refractivity contribution in [2.45, 2.75) is 13.0 Å². The molecule has 0 atom stereocenters. The predicted molar refractivity (Wildman–Crippen MR) is 84.4 cm³/mol. The van der Waals surface area contributed by atoms with Crippen LogP contribution in [0.1, 0.15) is 12.0 Å². The number of hydrogen-bond donors (Lipinski definition) is 2. The van der Waals surface area contributed by atoms with E-state index in [4.69, 9.17) is 22.1 Å². The van der Waals surface area contributed by atoms with E-state index in [2.05, 4.69) is 5.32 Å². The summed E-state index contributed by atoms with van der Waals surface area (Å²) in [4.78, 5) is 0. The van der Waals surface area contributed by atoms with Crippen LogP contribution in [-0.4, -0.2) is 13.1 Å². The lowest BCUT2D eigenvalue weighted by Crippen LogP contribution is -2.08. The first-order valence-corrected chi connectivity index (χ1v) is 7.07. The maximum absolute atomic E-state index is 5.94. The van der Waals surface area contributed by atoms with Gasteiger partial charge in [-0.2, -0.15) is 0 Å². The second-order valence-electron chi connectivity index (χ2n) is 4.51. The van der Waals surface area contributed by atoms with Gasteiger partial charge in [0, 0.05) is 17.3 Å². The van der Waals surface area contributed by atoms with Crippen LogP contribution in [0.2, 0.25) is 5.02 Å². The zero-order chi connectivity index (χ0) is 14.2. The maximum Gasteiger partial charge on any atom is 0.119 e. The summed E-state index contributed by atoms with van der Waals surface area (Å²) in [7, 11) is 0. The van der Waals surface area contributed by atoms with E-state index < -0.39 is 0 Å². The molecule has 0 aromatic heterocycles. The van der Waals surface area contributed by atoms with Crippen LogP contribution < -0.4 is 15.8 Å². The van der Waals surface area contributed by atoms with Crippen molar-refractivity contribution in [3.63, 3.8) is 0 Å². The van der Waals surface area contributed by atoms with Gasteiger partial charge in [0.15, 0.2) is 0 Å². The molecule has 20 heavy (non-hydrogen) atoms. The molecule has 0 aliphatic heterocycles. The number of halogens is 1. The van der Waals surface area contributed by atoms with Crippen LogP contribution in [0.4, 0.5) is 5.69 Å². The molecule has 0 saturated carbocycles. The Bertz CT molecular complexity index is 528. The summed E-state index contributed by atoms with van der Waals surface area (Å²) in [5, 5.41) is 4.03. The number of rotatable bonds is 7. The number of hydrogen-bond acceptors (Lipinski definition) is 3. The molecule has 2 aromatic rings. The van der Waals surface area contributed by atoms with E-state index in [0.29, 0.717) is 13.2 Å². The Labute approximate surface area is 124 Å². The largest absolute Gasteiger partial charge is 0.489 e. The summed E-state index contributed by atoms with van der Waals surface area (Å²) in [6.07, 6.45) is 0.965. The monoisotopic (exact) mass is 290 g/mol. The second kappa shape index (κ2) is 7.78. The van der Waals surface area contributed by atoms with Gasteiger partial charge in [0.25, 0.3) is 0 Å². The summed E-state index contributed by atoms with van der Waals surface area (Å²) in [6, 6.07) is 15.6. The highest BCUT2D eigenvalue weighted by atomic mass is 35.5. The molecule has 0 unspecified atom stereocenters. The van der Waals surface area contributed by atoms with E-state index in [9.17, 15) is 0 Å². The van der Waals surface area contributed by atoms with Gasteiger partial charge in [-0.15, -0.1) is 0 Å². The molecule has 0 aliphatic carbocycles. The molecule has 0 saturated heterocycles. The highest BCUT2D eigenvalue weighted by molar-refractivity contribution is 6.30. The van der Waals surface area contributed by atoms with E-state index >= 15 is 0 Å². The van der Waals surface area contributed by atoms with E-state index in [1.54, 1.807) is 0 Å². The molecular weight excluding hydrogens is 272 g/mol. The van der Waals surface area contributed by atoms with Gasteiger partial charge in [0.05, 0.1) is 0 Å². The molecule has 3 N–H and O–H groups in total. The van der Waals surface area contributed by atoms with Crippen molar-refractivity contribution in [2.24, 2.45) is 5.73 Å². The minimum absolute atomic E-state index is 0.514. The van der Waals surface area contributed by atoms with Crippen molar-refractivity contribution >= 4 is 17.3 Å². The van der Waals surface area contributed by atoms with Crippen molar-refractivity contribution in [2.75, 3.05) is 18.4 Å². The van der Waals surface area contributed by atoms with Crippen LogP contribution in [0.5, 0.6) is 5.75 Å². The smallest absolute Gasteiger partial charge is 0.119 e. The van der Waals surface area contributed by atoms with Crippen LogP contribution >= 0.6 is 11.6 Å². The van der Waals surface area contributed by atoms with Crippen molar-refractivity contribution < 1.29 is 4.74 Å². The topological polar surface area (TPSA) is 47.3 Å². The predicted octanol–water partition coefficient (Wildman–Crippen LogP) is 3.68. The number of ether oxygens (including phenoxy) is 1. The van der Waals surface area contributed by atoms with Gasteiger partial charge < -0.3 is 15.8 Å². The number of anilines is 1. The fourth-order valence-corrected chi connectivity index (χ4v) is 2.01. The van der Waals surface area contributed by atoms with E-state index in [1.807, 2.05) is 48.5 Å². The average molecular weight is 291 g/mol. The Kier molecular flexibility index (Phi) is 5.71. The van der Waals surface area contributed by atoms with Crippen LogP contribution in [-0.2, 0) is 6.61 Å². The Morgan fingerprint density at radius 1 is 1.10 bits per heavy atom. The highest BCUT2D eigenvalue weighted by Gasteiger charge is 1.98. The Balaban J connectivity index is 1.84. The Morgan fingerprint density at radius 3 is 2.60 bits per heavy atom. The first-order chi connectivity index (χ1) is 9.78. The summed E-state index contributed by atoms with van der Waals surface area (Å²) in [5.74, 6) is 0.842. The number of nitrogens with one attached hydrogen (secondary N) is 1. The van der Waals surface area contributed by atoms with Crippen LogP contribution in [0.25, 0.3) is 0 Å². The molecule has 2 rings (SSSR count). The second-order valence-corrected chi connectivity index (χ2v) is 4.95. The first kappa shape index (κ1) is 14.7. The minimum Gasteiger partial charge on any atom is -0.489 e. The lowest BCUT2D eigenvalue weighted by Gasteiger charge is -2.09. The van der Waals surface area contributed by atoms with Crippen molar-refractivity contribution in [3.05, 3.63) is 59.1 Å². The highest BCUT2D eigenvalue weighted by Crippen LogP contribution is 2.18. The molecule has 106 valence electrons. The molecule has 4 heteroatoms. The molecule has 3 nitrogen and oxygen atoms in total. The van der Waals surface area contributed by atoms with Gasteiger partial charge in [0.2, 0.25) is 0 Å². The molecule has 0 radical (unpaired) electrons. The maximum atomic E-state index is 5.94. The molecule has 0 bridgehead atoms. The van der Waals surface area contributed by atoms with Crippen LogP contribution in [0.15, 0.2) is 48.5 Å². The summed E-state index contributed by atoms with van der Waals surface area (Å²) in [5.41, 5.74) is 7.59. The third-order valence-corrected chi connectivity index (χ3v) is 3.09. The summed E-state index contributed by atoms with van der Waals surface area (Å²) >= 11 is 5.94. The zero-order valence-corrected chi connectivity index (χ0v) is 12.1. The molecule has 0 spiro atoms. The van der Waals surface area contributed by atoms with Gasteiger partial charge in [-0.25, -0.2) is 0 Å². The lowest BCUT2D eigenvalue weighted by molar-refractivity contribution is 0.306. The van der Waals surface area contributed by atoms with Crippen molar-refractivity contribution in [1.29, 1.82) is 0 Å². The minimum atomic E-state index is 0.514. The fraction of sp³-hybridized carbons (Fsp3) is 0.250. The van der Waals surface area contributed by atoms with E-state index in [0.717, 1.165) is 35.0 Å². The SMILES string of the molecule is NCCCNc1ccc(OCc2cccc(Cl)c2)cc1. The standard InChI is InChI=1S/C16H19ClN2O/c17-14-4-1-3-13(11-14)12-20-16-7-5-15(6-8-16)19-10-2-9-18/h1,3-8,11,19H,2,9-10,12,18H2. The Hall–Kier alpha value is -1.71. The molecule has 0 heterocycles. The molecular formula is C16H19ClN2O. The average Bonchev–Trinajstić information content (AvgIpc) is 2.47. The van der Waals surface area contributed by atoms with Gasteiger partial charge in [-0.05, 0) is 54.9 Å². The molecule has 0 fully saturated rings. The number of nitrogens with two attached hydrogens (primary N) is 1. The lowest BCUT2D eigenvalue weighted by atomic mass is 10.2. The third-order valence-electron chi connectivity index (χ3n) is 2.86. The van der Waals surface area contributed by atoms with E-state index in [-0.39, 0.29) is 0 Å². The van der Waals surface area contributed by atoms with Crippen molar-refractivity contribution in [1.82, 2.24) is 0 Å². The van der Waals surface area contributed by atoms with Gasteiger partial charge in [-0.1, -0.05) is 23.7 Å². The normalized spacial score (nSPS) is 10.3. The van der Waals surface area contributed by atoms with Crippen LogP contribution in [0.3, 0.4) is 0 Å². The zero-order valence-electron chi connectivity index (χ0n) is 11.3. The van der Waals surface area contributed by atoms with Gasteiger partial charge in [0.1, 0.15) is 12.4 Å². The van der Waals surface area contributed by atoms with Gasteiger partial charge in [-0.3, -0.25) is 0 Å². The third kappa shape index (κ3) is 4.76. The van der Waals surface area contributed by atoms with Gasteiger partial charge >= 0.3 is 0 Å². The molecule has 2 aromatic carbocycles. The quantitative estimate of drug-likeness (QED) is 0.765. The first-order valence-electron chi connectivity index (χ1n) is 6.69. The summed E-state index contributed by atoms with van der Waals surface area (Å²) < 4.78 is 5.72. The van der Waals surface area contributed by atoms with Crippen molar-refractivity contribution in [3.8, 4) is 5.75 Å². The molecule has 0 aliphatic rings.